The first-order valence-electron chi connectivity index (χ1n) is 5.84. The van der Waals surface area contributed by atoms with E-state index in [4.69, 9.17) is 0 Å². The third kappa shape index (κ3) is 2.20. The van der Waals surface area contributed by atoms with Crippen LogP contribution in [-0.2, 0) is 14.4 Å². The average Bonchev–Trinajstić information content (AvgIpc) is 2.86. The molecule has 2 heterocycles. The van der Waals surface area contributed by atoms with Crippen molar-refractivity contribution in [3.05, 3.63) is 12.7 Å². The maximum Gasteiger partial charge on any atom is 0.252 e. The molecule has 0 saturated carbocycles. The lowest BCUT2D eigenvalue weighted by atomic mass is 9.97. The molecule has 0 aliphatic carbocycles. The Morgan fingerprint density at radius 3 is 2.74 bits per heavy atom. The highest BCUT2D eigenvalue weighted by atomic mass is 16.2. The van der Waals surface area contributed by atoms with Gasteiger partial charge in [-0.1, -0.05) is 0 Å². The van der Waals surface area contributed by atoms with Crippen molar-refractivity contribution in [3.63, 3.8) is 0 Å². The van der Waals surface area contributed by atoms with Crippen LogP contribution < -0.4 is 5.32 Å². The van der Waals surface area contributed by atoms with Crippen LogP contribution in [0, 0.1) is 0 Å². The second-order valence-corrected chi connectivity index (χ2v) is 4.91. The molecule has 3 amide bonds. The van der Waals surface area contributed by atoms with Crippen LogP contribution in [0.1, 0.15) is 26.8 Å². The predicted octanol–water partition coefficient (Wildman–Crippen LogP) is -0.897. The van der Waals surface area contributed by atoms with Crippen LogP contribution >= 0.6 is 0 Å². The lowest BCUT2D eigenvalue weighted by Crippen LogP contribution is -2.66. The number of imide groups is 1. The molecule has 0 radical (unpaired) electrons. The summed E-state index contributed by atoms with van der Waals surface area (Å²) in [5, 5.41) is 6.11. The SMILES string of the molecule is CC(C(=O)N1CC(=O)NC(=O)C1(C)C)n1cncn1. The van der Waals surface area contributed by atoms with E-state index >= 15 is 0 Å². The fraction of sp³-hybridized carbons (Fsp3) is 0.545. The molecule has 2 rings (SSSR count). The first-order chi connectivity index (χ1) is 8.84. The largest absolute Gasteiger partial charge is 0.317 e. The Morgan fingerprint density at radius 1 is 1.47 bits per heavy atom. The average molecular weight is 265 g/mol. The molecule has 0 aromatic carbocycles. The molecule has 1 aromatic heterocycles. The quantitative estimate of drug-likeness (QED) is 0.699. The second kappa shape index (κ2) is 4.45. The molecule has 19 heavy (non-hydrogen) atoms. The Bertz CT molecular complexity index is 522. The summed E-state index contributed by atoms with van der Waals surface area (Å²) in [6.45, 7) is 4.70. The minimum Gasteiger partial charge on any atom is -0.317 e. The third-order valence-electron chi connectivity index (χ3n) is 3.24. The fourth-order valence-corrected chi connectivity index (χ4v) is 1.89. The van der Waals surface area contributed by atoms with Gasteiger partial charge in [-0.2, -0.15) is 5.10 Å². The van der Waals surface area contributed by atoms with Crippen molar-refractivity contribution in [3.8, 4) is 0 Å². The molecule has 1 aliphatic rings. The van der Waals surface area contributed by atoms with E-state index in [0.717, 1.165) is 0 Å². The van der Waals surface area contributed by atoms with Crippen LogP contribution in [0.3, 0.4) is 0 Å². The van der Waals surface area contributed by atoms with Gasteiger partial charge in [-0.05, 0) is 20.8 Å². The minimum absolute atomic E-state index is 0.142. The smallest absolute Gasteiger partial charge is 0.252 e. The number of piperazine rings is 1. The van der Waals surface area contributed by atoms with Crippen molar-refractivity contribution in [2.24, 2.45) is 0 Å². The molecular weight excluding hydrogens is 250 g/mol. The summed E-state index contributed by atoms with van der Waals surface area (Å²) in [7, 11) is 0. The van der Waals surface area contributed by atoms with Gasteiger partial charge in [-0.3, -0.25) is 19.7 Å². The molecule has 8 nitrogen and oxygen atoms in total. The first-order valence-corrected chi connectivity index (χ1v) is 5.84. The zero-order valence-electron chi connectivity index (χ0n) is 11.0. The molecule has 1 N–H and O–H groups in total. The third-order valence-corrected chi connectivity index (χ3v) is 3.24. The monoisotopic (exact) mass is 265 g/mol. The highest BCUT2D eigenvalue weighted by Gasteiger charge is 2.44. The summed E-state index contributed by atoms with van der Waals surface area (Å²) in [4.78, 5) is 40.7. The van der Waals surface area contributed by atoms with Crippen LogP contribution in [0.4, 0.5) is 0 Å². The van der Waals surface area contributed by atoms with Gasteiger partial charge in [-0.25, -0.2) is 9.67 Å². The maximum atomic E-state index is 12.4. The molecule has 1 atom stereocenters. The predicted molar refractivity (Wildman–Crippen MR) is 63.7 cm³/mol. The second-order valence-electron chi connectivity index (χ2n) is 4.91. The molecular formula is C11H15N5O3. The van der Waals surface area contributed by atoms with Crippen LogP contribution in [0.2, 0.25) is 0 Å². The molecule has 1 aliphatic heterocycles. The Kier molecular flexibility index (Phi) is 3.09. The summed E-state index contributed by atoms with van der Waals surface area (Å²) >= 11 is 0. The normalized spacial score (nSPS) is 20.1. The van der Waals surface area contributed by atoms with Gasteiger partial charge in [0, 0.05) is 0 Å². The number of carbonyl (C=O) groups excluding carboxylic acids is 3. The topological polar surface area (TPSA) is 97.2 Å². The van der Waals surface area contributed by atoms with Crippen molar-refractivity contribution < 1.29 is 14.4 Å². The number of rotatable bonds is 2. The number of hydrogen-bond donors (Lipinski definition) is 1. The zero-order chi connectivity index (χ0) is 14.2. The summed E-state index contributed by atoms with van der Waals surface area (Å²) in [5.41, 5.74) is -1.07. The van der Waals surface area contributed by atoms with Gasteiger partial charge in [0.15, 0.2) is 0 Å². The van der Waals surface area contributed by atoms with Crippen LogP contribution in [0.15, 0.2) is 12.7 Å². The van der Waals surface area contributed by atoms with E-state index < -0.39 is 23.4 Å². The highest BCUT2D eigenvalue weighted by Crippen LogP contribution is 2.22. The molecule has 102 valence electrons. The lowest BCUT2D eigenvalue weighted by molar-refractivity contribution is -0.157. The van der Waals surface area contributed by atoms with Crippen LogP contribution in [0.25, 0.3) is 0 Å². The van der Waals surface area contributed by atoms with E-state index in [-0.39, 0.29) is 12.5 Å². The molecule has 1 fully saturated rings. The molecule has 8 heteroatoms. The number of nitrogens with zero attached hydrogens (tertiary/aromatic N) is 4. The van der Waals surface area contributed by atoms with Gasteiger partial charge < -0.3 is 4.90 Å². The van der Waals surface area contributed by atoms with Gasteiger partial charge >= 0.3 is 0 Å². The molecule has 0 bridgehead atoms. The van der Waals surface area contributed by atoms with E-state index in [2.05, 4.69) is 15.4 Å². The standard InChI is InChI=1S/C11H15N5O3/c1-7(16-6-12-5-13-16)9(18)15-4-8(17)14-10(19)11(15,2)3/h5-7H,4H2,1-3H3,(H,14,17,19). The first kappa shape index (κ1) is 13.2. The minimum atomic E-state index is -1.07. The zero-order valence-corrected chi connectivity index (χ0v) is 11.0. The summed E-state index contributed by atoms with van der Waals surface area (Å²) in [6, 6.07) is -0.625. The van der Waals surface area contributed by atoms with Crippen molar-refractivity contribution in [2.75, 3.05) is 6.54 Å². The molecule has 0 spiro atoms. The Balaban J connectivity index is 2.26. The van der Waals surface area contributed by atoms with Crippen molar-refractivity contribution >= 4 is 17.7 Å². The lowest BCUT2D eigenvalue weighted by Gasteiger charge is -2.41. The van der Waals surface area contributed by atoms with E-state index in [1.165, 1.54) is 22.2 Å². The Morgan fingerprint density at radius 2 is 2.16 bits per heavy atom. The van der Waals surface area contributed by atoms with Crippen molar-refractivity contribution in [2.45, 2.75) is 32.4 Å². The van der Waals surface area contributed by atoms with Gasteiger partial charge in [0.1, 0.15) is 30.8 Å². The molecule has 1 aromatic rings. The van der Waals surface area contributed by atoms with E-state index in [1.54, 1.807) is 20.8 Å². The molecule has 1 unspecified atom stereocenters. The number of hydrogen-bond acceptors (Lipinski definition) is 5. The van der Waals surface area contributed by atoms with Gasteiger partial charge in [0.05, 0.1) is 0 Å². The highest BCUT2D eigenvalue weighted by molar-refractivity contribution is 6.06. The van der Waals surface area contributed by atoms with Crippen LogP contribution in [-0.4, -0.2) is 49.5 Å². The Hall–Kier alpha value is -2.25. The van der Waals surface area contributed by atoms with E-state index in [0.29, 0.717) is 0 Å². The summed E-state index contributed by atoms with van der Waals surface area (Å²) < 4.78 is 1.38. The van der Waals surface area contributed by atoms with Crippen molar-refractivity contribution in [1.29, 1.82) is 0 Å². The van der Waals surface area contributed by atoms with E-state index in [9.17, 15) is 14.4 Å². The van der Waals surface area contributed by atoms with Gasteiger partial charge in [-0.15, -0.1) is 0 Å². The fourth-order valence-electron chi connectivity index (χ4n) is 1.89. The number of aromatic nitrogens is 3. The molecule has 1 saturated heterocycles. The Labute approximate surface area is 109 Å². The van der Waals surface area contributed by atoms with Gasteiger partial charge in [0.2, 0.25) is 11.8 Å². The summed E-state index contributed by atoms with van der Waals surface area (Å²) in [5.74, 6) is -1.31. The number of carbonyl (C=O) groups is 3. The van der Waals surface area contributed by atoms with E-state index in [1.807, 2.05) is 0 Å². The summed E-state index contributed by atoms with van der Waals surface area (Å²) in [6.07, 6.45) is 2.74. The number of nitrogens with one attached hydrogen (secondary N) is 1. The number of amides is 3. The maximum absolute atomic E-state index is 12.4. The van der Waals surface area contributed by atoms with Crippen LogP contribution in [0.5, 0.6) is 0 Å². The van der Waals surface area contributed by atoms with Gasteiger partial charge in [0.25, 0.3) is 5.91 Å². The van der Waals surface area contributed by atoms with Crippen molar-refractivity contribution in [1.82, 2.24) is 25.0 Å².